The van der Waals surface area contributed by atoms with E-state index in [2.05, 4.69) is 55.3 Å². The Labute approximate surface area is 146 Å². The maximum absolute atomic E-state index is 11.6. The van der Waals surface area contributed by atoms with E-state index >= 15 is 0 Å². The van der Waals surface area contributed by atoms with Crippen LogP contribution in [-0.2, 0) is 10.2 Å². The van der Waals surface area contributed by atoms with Crippen molar-refractivity contribution < 1.29 is 4.79 Å². The number of carbonyl (C=O) groups is 1. The Bertz CT molecular complexity index is 594. The molecule has 132 valence electrons. The number of likely N-dealkylation sites (tertiary alicyclic amines) is 1. The Hall–Kier alpha value is -1.35. The molecule has 1 aliphatic heterocycles. The normalized spacial score (nSPS) is 23.2. The predicted octanol–water partition coefficient (Wildman–Crippen LogP) is 4.04. The molecule has 1 amide bonds. The first-order valence-corrected chi connectivity index (χ1v) is 9.38. The molecule has 24 heavy (non-hydrogen) atoms. The maximum atomic E-state index is 11.6. The summed E-state index contributed by atoms with van der Waals surface area (Å²) in [7, 11) is 0. The predicted molar refractivity (Wildman–Crippen MR) is 99.0 cm³/mol. The van der Waals surface area contributed by atoms with Crippen molar-refractivity contribution in [1.82, 2.24) is 10.2 Å². The fourth-order valence-electron chi connectivity index (χ4n) is 4.44. The third kappa shape index (κ3) is 3.66. The van der Waals surface area contributed by atoms with Gasteiger partial charge in [0, 0.05) is 12.3 Å². The Morgan fingerprint density at radius 3 is 2.54 bits per heavy atom. The van der Waals surface area contributed by atoms with Crippen molar-refractivity contribution >= 4 is 5.91 Å². The van der Waals surface area contributed by atoms with Crippen molar-refractivity contribution in [2.24, 2.45) is 5.41 Å². The monoisotopic (exact) mass is 328 g/mol. The molecule has 3 nitrogen and oxygen atoms in total. The number of piperidine rings is 1. The summed E-state index contributed by atoms with van der Waals surface area (Å²) in [4.78, 5) is 14.2. The van der Waals surface area contributed by atoms with Crippen molar-refractivity contribution in [2.45, 2.75) is 64.8 Å². The molecule has 1 aliphatic carbocycles. The van der Waals surface area contributed by atoms with E-state index in [1.54, 1.807) is 6.92 Å². The molecule has 0 aromatic heterocycles. The van der Waals surface area contributed by atoms with E-state index in [4.69, 9.17) is 0 Å². The van der Waals surface area contributed by atoms with Crippen LogP contribution in [0.5, 0.6) is 0 Å². The van der Waals surface area contributed by atoms with Gasteiger partial charge in [0.2, 0.25) is 5.91 Å². The van der Waals surface area contributed by atoms with Crippen molar-refractivity contribution in [2.75, 3.05) is 19.6 Å². The lowest BCUT2D eigenvalue weighted by Crippen LogP contribution is -2.43. The van der Waals surface area contributed by atoms with E-state index in [9.17, 15) is 4.79 Å². The van der Waals surface area contributed by atoms with E-state index in [-0.39, 0.29) is 17.4 Å². The lowest BCUT2D eigenvalue weighted by molar-refractivity contribution is -0.119. The van der Waals surface area contributed by atoms with Crippen LogP contribution < -0.4 is 5.32 Å². The number of hydrogen-bond acceptors (Lipinski definition) is 2. The highest BCUT2D eigenvalue weighted by molar-refractivity contribution is 5.73. The van der Waals surface area contributed by atoms with Crippen molar-refractivity contribution in [3.8, 4) is 0 Å². The van der Waals surface area contributed by atoms with Crippen molar-refractivity contribution in [1.29, 1.82) is 0 Å². The van der Waals surface area contributed by atoms with Crippen LogP contribution in [0.1, 0.15) is 70.5 Å². The fraction of sp³-hybridized carbons (Fsp3) is 0.667. The number of hydrogen-bond donors (Lipinski definition) is 1. The lowest BCUT2D eigenvalue weighted by Gasteiger charge is -2.41. The van der Waals surface area contributed by atoms with E-state index in [0.29, 0.717) is 5.41 Å². The molecule has 1 spiro atoms. The molecule has 1 aromatic carbocycles. The number of nitrogens with zero attached hydrogens (tertiary/aromatic N) is 1. The standard InChI is InChI=1S/C21H32N2O/c1-16(24)22-19-15-21(18-8-6-5-7-17(18)19)10-13-23(14-11-21)12-9-20(2,3)4/h5-8,19H,9-15H2,1-4H3,(H,22,24)/t19-/m0/s1. The van der Waals surface area contributed by atoms with Crippen LogP contribution in [0.3, 0.4) is 0 Å². The number of fused-ring (bicyclic) bond motifs is 2. The quantitative estimate of drug-likeness (QED) is 0.908. The molecule has 1 aromatic rings. The van der Waals surface area contributed by atoms with Crippen molar-refractivity contribution in [3.63, 3.8) is 0 Å². The third-order valence-corrected chi connectivity index (χ3v) is 5.87. The highest BCUT2D eigenvalue weighted by Crippen LogP contribution is 2.50. The molecule has 3 rings (SSSR count). The van der Waals surface area contributed by atoms with Gasteiger partial charge in [0.1, 0.15) is 0 Å². The lowest BCUT2D eigenvalue weighted by atomic mass is 9.73. The highest BCUT2D eigenvalue weighted by Gasteiger charge is 2.45. The Morgan fingerprint density at radius 1 is 1.25 bits per heavy atom. The van der Waals surface area contributed by atoms with Gasteiger partial charge in [-0.2, -0.15) is 0 Å². The first-order valence-electron chi connectivity index (χ1n) is 9.38. The maximum Gasteiger partial charge on any atom is 0.217 e. The minimum absolute atomic E-state index is 0.0782. The fourth-order valence-corrected chi connectivity index (χ4v) is 4.44. The minimum Gasteiger partial charge on any atom is -0.349 e. The summed E-state index contributed by atoms with van der Waals surface area (Å²) in [5.74, 6) is 0.0782. The number of amides is 1. The van der Waals surface area contributed by atoms with E-state index < -0.39 is 0 Å². The molecule has 0 bridgehead atoms. The van der Waals surface area contributed by atoms with Crippen LogP contribution in [0.4, 0.5) is 0 Å². The average Bonchev–Trinajstić information content (AvgIpc) is 2.80. The Balaban J connectivity index is 1.70. The molecule has 1 heterocycles. The van der Waals surface area contributed by atoms with E-state index in [1.165, 1.54) is 50.0 Å². The van der Waals surface area contributed by atoms with Crippen LogP contribution in [0.2, 0.25) is 0 Å². The number of rotatable bonds is 3. The van der Waals surface area contributed by atoms with E-state index in [0.717, 1.165) is 6.42 Å². The average molecular weight is 328 g/mol. The molecule has 1 fully saturated rings. The Morgan fingerprint density at radius 2 is 1.92 bits per heavy atom. The smallest absolute Gasteiger partial charge is 0.217 e. The second kappa shape index (κ2) is 6.51. The SMILES string of the molecule is CC(=O)N[C@H]1CC2(CCN(CCC(C)(C)C)CC2)c2ccccc21. The third-order valence-electron chi connectivity index (χ3n) is 5.87. The highest BCUT2D eigenvalue weighted by atomic mass is 16.1. The van der Waals surface area contributed by atoms with Crippen LogP contribution in [-0.4, -0.2) is 30.4 Å². The van der Waals surface area contributed by atoms with Gasteiger partial charge in [-0.1, -0.05) is 45.0 Å². The van der Waals surface area contributed by atoms with Gasteiger partial charge in [0.25, 0.3) is 0 Å². The summed E-state index contributed by atoms with van der Waals surface area (Å²) < 4.78 is 0. The van der Waals surface area contributed by atoms with Crippen LogP contribution in [0, 0.1) is 5.41 Å². The van der Waals surface area contributed by atoms with Crippen LogP contribution in [0.25, 0.3) is 0 Å². The molecule has 0 radical (unpaired) electrons. The van der Waals surface area contributed by atoms with Gasteiger partial charge >= 0.3 is 0 Å². The van der Waals surface area contributed by atoms with E-state index in [1.807, 2.05) is 0 Å². The molecule has 3 heteroatoms. The number of benzene rings is 1. The minimum atomic E-state index is 0.0782. The van der Waals surface area contributed by atoms with Gasteiger partial charge in [-0.3, -0.25) is 4.79 Å². The summed E-state index contributed by atoms with van der Waals surface area (Å²) in [5.41, 5.74) is 3.50. The number of carbonyl (C=O) groups excluding carboxylic acids is 1. The summed E-state index contributed by atoms with van der Waals surface area (Å²) >= 11 is 0. The van der Waals surface area contributed by atoms with Crippen LogP contribution >= 0.6 is 0 Å². The second-order valence-electron chi connectivity index (χ2n) is 8.98. The zero-order chi connectivity index (χ0) is 17.4. The molecule has 1 saturated heterocycles. The molecule has 1 N–H and O–H groups in total. The topological polar surface area (TPSA) is 32.3 Å². The van der Waals surface area contributed by atoms with Gasteiger partial charge < -0.3 is 10.2 Å². The first-order chi connectivity index (χ1) is 11.3. The van der Waals surface area contributed by atoms with Crippen molar-refractivity contribution in [3.05, 3.63) is 35.4 Å². The Kier molecular flexibility index (Phi) is 4.74. The second-order valence-corrected chi connectivity index (χ2v) is 8.98. The molecule has 0 saturated carbocycles. The van der Waals surface area contributed by atoms with Crippen LogP contribution in [0.15, 0.2) is 24.3 Å². The summed E-state index contributed by atoms with van der Waals surface area (Å²) in [6.45, 7) is 12.2. The molecular weight excluding hydrogens is 296 g/mol. The zero-order valence-electron chi connectivity index (χ0n) is 15.7. The van der Waals surface area contributed by atoms with Gasteiger partial charge in [0.05, 0.1) is 6.04 Å². The molecule has 0 unspecified atom stereocenters. The summed E-state index contributed by atoms with van der Waals surface area (Å²) in [6.07, 6.45) is 4.75. The van der Waals surface area contributed by atoms with Gasteiger partial charge in [-0.15, -0.1) is 0 Å². The molecule has 2 aliphatic rings. The van der Waals surface area contributed by atoms with Gasteiger partial charge in [-0.25, -0.2) is 0 Å². The summed E-state index contributed by atoms with van der Waals surface area (Å²) in [5, 5.41) is 3.17. The molecular formula is C21H32N2O. The first kappa shape index (κ1) is 17.5. The molecule has 1 atom stereocenters. The van der Waals surface area contributed by atoms with Gasteiger partial charge in [0.15, 0.2) is 0 Å². The largest absolute Gasteiger partial charge is 0.349 e. The van der Waals surface area contributed by atoms with Gasteiger partial charge in [-0.05, 0) is 61.9 Å². The number of nitrogens with one attached hydrogen (secondary N) is 1. The summed E-state index contributed by atoms with van der Waals surface area (Å²) in [6, 6.07) is 8.95. The zero-order valence-corrected chi connectivity index (χ0v) is 15.7.